The van der Waals surface area contributed by atoms with E-state index in [1.165, 1.54) is 18.7 Å². The summed E-state index contributed by atoms with van der Waals surface area (Å²) in [6.45, 7) is 10.9. The molecule has 1 heterocycles. The second kappa shape index (κ2) is 6.06. The minimum absolute atomic E-state index is 0.0223. The molecule has 1 saturated heterocycles. The smallest absolute Gasteiger partial charge is 0.311 e. The van der Waals surface area contributed by atoms with Crippen LogP contribution < -0.4 is 0 Å². The molecule has 4 atom stereocenters. The van der Waals surface area contributed by atoms with Crippen molar-refractivity contribution in [1.82, 2.24) is 0 Å². The first-order valence-corrected chi connectivity index (χ1v) is 7.98. The summed E-state index contributed by atoms with van der Waals surface area (Å²) < 4.78 is 4.97. The highest BCUT2D eigenvalue weighted by Gasteiger charge is 2.52. The Kier molecular flexibility index (Phi) is 5.30. The number of carbonyl (C=O) groups excluding carboxylic acids is 2. The summed E-state index contributed by atoms with van der Waals surface area (Å²) in [5, 5.41) is 10.4. The van der Waals surface area contributed by atoms with E-state index in [-0.39, 0.29) is 23.4 Å². The first-order valence-electron chi connectivity index (χ1n) is 7.10. The topological polar surface area (TPSA) is 63.6 Å². The Labute approximate surface area is 125 Å². The number of hydrogen-bond donors (Lipinski definition) is 1. The molecule has 0 aromatic rings. The lowest BCUT2D eigenvalue weighted by Crippen LogP contribution is -2.44. The molecule has 1 fully saturated rings. The molecule has 0 radical (unpaired) electrons. The van der Waals surface area contributed by atoms with Gasteiger partial charge in [0.1, 0.15) is 18.0 Å². The summed E-state index contributed by atoms with van der Waals surface area (Å²) in [6.07, 6.45) is -0.402. The molecule has 4 unspecified atom stereocenters. The highest BCUT2D eigenvalue weighted by Crippen LogP contribution is 2.47. The molecule has 5 heteroatoms. The molecule has 1 aliphatic rings. The maximum absolute atomic E-state index is 12.2. The molecule has 1 N–H and O–H groups in total. The number of Topliss-reactive ketones (excluding diaryl/α,β-unsaturated/α-hetero) is 1. The monoisotopic (exact) mass is 302 g/mol. The van der Waals surface area contributed by atoms with Crippen molar-refractivity contribution in [2.45, 2.75) is 76.6 Å². The van der Waals surface area contributed by atoms with Gasteiger partial charge in [0.2, 0.25) is 0 Å². The maximum atomic E-state index is 12.2. The van der Waals surface area contributed by atoms with Crippen molar-refractivity contribution in [2.75, 3.05) is 0 Å². The van der Waals surface area contributed by atoms with E-state index in [9.17, 15) is 14.7 Å². The molecule has 0 saturated carbocycles. The van der Waals surface area contributed by atoms with Crippen molar-refractivity contribution < 1.29 is 19.4 Å². The lowest BCUT2D eigenvalue weighted by molar-refractivity contribution is -0.165. The number of carbonyl (C=O) groups is 2. The van der Waals surface area contributed by atoms with Gasteiger partial charge >= 0.3 is 5.97 Å². The standard InChI is InChI=1S/C15H26O4S/c1-7-14(4,5)13(18)19-11-10(3)20-15(6,12(11)17)8-9(2)16/h10-12,17H,7-8H2,1-6H3. The van der Waals surface area contributed by atoms with E-state index in [0.717, 1.165) is 0 Å². The van der Waals surface area contributed by atoms with Gasteiger partial charge < -0.3 is 9.84 Å². The van der Waals surface area contributed by atoms with Gasteiger partial charge in [-0.25, -0.2) is 0 Å². The summed E-state index contributed by atoms with van der Waals surface area (Å²) >= 11 is 1.52. The Morgan fingerprint density at radius 3 is 2.40 bits per heavy atom. The molecule has 0 aromatic carbocycles. The van der Waals surface area contributed by atoms with Crippen LogP contribution in [0.3, 0.4) is 0 Å². The quantitative estimate of drug-likeness (QED) is 0.791. The molecule has 1 aliphatic heterocycles. The summed E-state index contributed by atoms with van der Waals surface area (Å²) in [4.78, 5) is 23.5. The highest BCUT2D eigenvalue weighted by atomic mass is 32.2. The zero-order valence-corrected chi connectivity index (χ0v) is 14.0. The fourth-order valence-corrected chi connectivity index (χ4v) is 4.14. The lowest BCUT2D eigenvalue weighted by atomic mass is 9.89. The predicted octanol–water partition coefficient (Wildman–Crippen LogP) is 2.57. The van der Waals surface area contributed by atoms with Crippen molar-refractivity contribution in [3.8, 4) is 0 Å². The summed E-state index contributed by atoms with van der Waals surface area (Å²) in [7, 11) is 0. The number of ketones is 1. The van der Waals surface area contributed by atoms with Crippen LogP contribution in [0.1, 0.15) is 54.4 Å². The minimum atomic E-state index is -0.817. The molecular weight excluding hydrogens is 276 g/mol. The van der Waals surface area contributed by atoms with Gasteiger partial charge in [-0.2, -0.15) is 0 Å². The SMILES string of the molecule is CCC(C)(C)C(=O)OC1C(C)SC(C)(CC(C)=O)C1O. The largest absolute Gasteiger partial charge is 0.458 e. The zero-order valence-electron chi connectivity index (χ0n) is 13.2. The molecular formula is C15H26O4S. The van der Waals surface area contributed by atoms with E-state index in [1.807, 2.05) is 34.6 Å². The van der Waals surface area contributed by atoms with Crippen molar-refractivity contribution in [3.63, 3.8) is 0 Å². The van der Waals surface area contributed by atoms with Gasteiger partial charge in [-0.1, -0.05) is 6.92 Å². The summed E-state index contributed by atoms with van der Waals surface area (Å²) in [5.74, 6) is -0.254. The molecule has 20 heavy (non-hydrogen) atoms. The van der Waals surface area contributed by atoms with E-state index >= 15 is 0 Å². The number of aliphatic hydroxyl groups excluding tert-OH is 1. The second-order valence-electron chi connectivity index (χ2n) is 6.57. The van der Waals surface area contributed by atoms with Gasteiger partial charge in [-0.15, -0.1) is 11.8 Å². The highest BCUT2D eigenvalue weighted by molar-refractivity contribution is 8.01. The van der Waals surface area contributed by atoms with Gasteiger partial charge in [0.05, 0.1) is 5.41 Å². The van der Waals surface area contributed by atoms with Crippen LogP contribution in [0.2, 0.25) is 0 Å². The first-order chi connectivity index (χ1) is 9.03. The Balaban J connectivity index is 2.82. The van der Waals surface area contributed by atoms with Gasteiger partial charge in [-0.3, -0.25) is 9.59 Å². The van der Waals surface area contributed by atoms with Crippen LogP contribution in [0.5, 0.6) is 0 Å². The van der Waals surface area contributed by atoms with Crippen molar-refractivity contribution in [1.29, 1.82) is 0 Å². The average Bonchev–Trinajstić information content (AvgIpc) is 2.51. The molecule has 0 aliphatic carbocycles. The maximum Gasteiger partial charge on any atom is 0.311 e. The number of ether oxygens (including phenoxy) is 1. The normalized spacial score (nSPS) is 34.0. The van der Waals surface area contributed by atoms with Crippen LogP contribution in [0.15, 0.2) is 0 Å². The number of rotatable bonds is 5. The third-order valence-corrected chi connectivity index (χ3v) is 5.70. The van der Waals surface area contributed by atoms with Crippen LogP contribution in [0, 0.1) is 5.41 Å². The third kappa shape index (κ3) is 3.55. The minimum Gasteiger partial charge on any atom is -0.458 e. The van der Waals surface area contributed by atoms with Gasteiger partial charge in [-0.05, 0) is 41.0 Å². The van der Waals surface area contributed by atoms with E-state index < -0.39 is 22.4 Å². The number of aliphatic hydroxyl groups is 1. The number of thioether (sulfide) groups is 1. The Bertz CT molecular complexity index is 393. The van der Waals surface area contributed by atoms with E-state index in [0.29, 0.717) is 6.42 Å². The van der Waals surface area contributed by atoms with Crippen LogP contribution in [0.4, 0.5) is 0 Å². The van der Waals surface area contributed by atoms with E-state index in [1.54, 1.807) is 0 Å². The molecule has 0 amide bonds. The van der Waals surface area contributed by atoms with Crippen molar-refractivity contribution in [3.05, 3.63) is 0 Å². The van der Waals surface area contributed by atoms with Gasteiger partial charge in [0.25, 0.3) is 0 Å². The molecule has 0 aromatic heterocycles. The van der Waals surface area contributed by atoms with Crippen LogP contribution in [-0.2, 0) is 14.3 Å². The van der Waals surface area contributed by atoms with Crippen LogP contribution in [0.25, 0.3) is 0 Å². The zero-order chi connectivity index (χ0) is 15.7. The van der Waals surface area contributed by atoms with Crippen LogP contribution >= 0.6 is 11.8 Å². The first kappa shape index (κ1) is 17.5. The third-order valence-electron chi connectivity index (χ3n) is 4.13. The van der Waals surface area contributed by atoms with Crippen LogP contribution in [-0.4, -0.2) is 39.1 Å². The molecule has 4 nitrogen and oxygen atoms in total. The van der Waals surface area contributed by atoms with Gasteiger partial charge in [0.15, 0.2) is 0 Å². The Hall–Kier alpha value is -0.550. The summed E-state index contributed by atoms with van der Waals surface area (Å²) in [6, 6.07) is 0. The van der Waals surface area contributed by atoms with Crippen molar-refractivity contribution >= 4 is 23.5 Å². The molecule has 0 bridgehead atoms. The fraction of sp³-hybridized carbons (Fsp3) is 0.867. The average molecular weight is 302 g/mol. The van der Waals surface area contributed by atoms with Crippen molar-refractivity contribution in [2.24, 2.45) is 5.41 Å². The Morgan fingerprint density at radius 1 is 1.40 bits per heavy atom. The summed E-state index contributed by atoms with van der Waals surface area (Å²) in [5.41, 5.74) is -0.552. The van der Waals surface area contributed by atoms with Gasteiger partial charge in [0, 0.05) is 16.4 Å². The fourth-order valence-electron chi connectivity index (χ4n) is 2.39. The predicted molar refractivity (Wildman–Crippen MR) is 80.7 cm³/mol. The number of esters is 1. The lowest BCUT2D eigenvalue weighted by Gasteiger charge is -2.29. The van der Waals surface area contributed by atoms with E-state index in [4.69, 9.17) is 4.74 Å². The Morgan fingerprint density at radius 2 is 1.95 bits per heavy atom. The molecule has 1 rings (SSSR count). The molecule has 0 spiro atoms. The molecule has 116 valence electrons. The second-order valence-corrected chi connectivity index (χ2v) is 8.48. The van der Waals surface area contributed by atoms with E-state index in [2.05, 4.69) is 0 Å². The number of hydrogen-bond acceptors (Lipinski definition) is 5.